The van der Waals surface area contributed by atoms with Crippen molar-refractivity contribution in [1.82, 2.24) is 5.32 Å². The van der Waals surface area contributed by atoms with Crippen LogP contribution in [0.4, 0.5) is 0 Å². The number of amides is 1. The van der Waals surface area contributed by atoms with Crippen molar-refractivity contribution in [3.8, 4) is 17.6 Å². The number of nitriles is 1. The van der Waals surface area contributed by atoms with Gasteiger partial charge >= 0.3 is 0 Å². The summed E-state index contributed by atoms with van der Waals surface area (Å²) in [5.41, 5.74) is 1.70. The van der Waals surface area contributed by atoms with Crippen LogP contribution in [-0.2, 0) is 11.4 Å². The largest absolute Gasteiger partial charge is 0.493 e. The molecule has 0 aliphatic carbocycles. The highest BCUT2D eigenvalue weighted by atomic mass is 79.9. The van der Waals surface area contributed by atoms with Crippen molar-refractivity contribution in [2.24, 2.45) is 0 Å². The summed E-state index contributed by atoms with van der Waals surface area (Å²) in [4.78, 5) is 12.3. The molecule has 5 nitrogen and oxygen atoms in total. The third-order valence-corrected chi connectivity index (χ3v) is 5.33. The molecule has 0 aliphatic heterocycles. The van der Waals surface area contributed by atoms with Gasteiger partial charge in [-0.15, -0.1) is 0 Å². The Morgan fingerprint density at radius 1 is 1.28 bits per heavy atom. The normalized spacial score (nSPS) is 12.1. The molecule has 2 rings (SSSR count). The highest BCUT2D eigenvalue weighted by molar-refractivity contribution is 9.10. The van der Waals surface area contributed by atoms with E-state index in [2.05, 4.69) is 37.2 Å². The molecule has 7 heteroatoms. The lowest BCUT2D eigenvalue weighted by molar-refractivity contribution is -0.117. The summed E-state index contributed by atoms with van der Waals surface area (Å²) >= 11 is 6.91. The highest BCUT2D eigenvalue weighted by Gasteiger charge is 2.15. The number of methoxy groups -OCH3 is 1. The number of carbonyl (C=O) groups is 1. The third kappa shape index (κ3) is 6.62. The second-order valence-corrected chi connectivity index (χ2v) is 8.17. The first kappa shape index (κ1) is 23.0. The first-order chi connectivity index (χ1) is 13.9. The van der Waals surface area contributed by atoms with Crippen molar-refractivity contribution in [1.29, 1.82) is 5.26 Å². The van der Waals surface area contributed by atoms with E-state index in [0.29, 0.717) is 28.1 Å². The Balaban J connectivity index is 2.25. The Labute approximate surface area is 188 Å². The molecule has 1 atom stereocenters. The molecule has 0 aromatic heterocycles. The minimum Gasteiger partial charge on any atom is -0.493 e. The molecule has 29 heavy (non-hydrogen) atoms. The van der Waals surface area contributed by atoms with E-state index >= 15 is 0 Å². The first-order valence-electron chi connectivity index (χ1n) is 9.05. The van der Waals surface area contributed by atoms with Gasteiger partial charge in [0, 0.05) is 10.5 Å². The Kier molecular flexibility index (Phi) is 8.74. The van der Waals surface area contributed by atoms with Gasteiger partial charge in [0.15, 0.2) is 11.5 Å². The van der Waals surface area contributed by atoms with Crippen molar-refractivity contribution in [2.45, 2.75) is 32.9 Å². The number of nitrogens with zero attached hydrogens (tertiary/aromatic N) is 1. The Hall–Kier alpha value is -2.30. The molecule has 0 unspecified atom stereocenters. The molecule has 1 amide bonds. The van der Waals surface area contributed by atoms with E-state index in [0.717, 1.165) is 16.5 Å². The van der Waals surface area contributed by atoms with Gasteiger partial charge in [0.25, 0.3) is 5.91 Å². The zero-order chi connectivity index (χ0) is 21.4. The van der Waals surface area contributed by atoms with Gasteiger partial charge in [0.2, 0.25) is 0 Å². The quantitative estimate of drug-likeness (QED) is 0.361. The van der Waals surface area contributed by atoms with E-state index in [1.807, 2.05) is 44.2 Å². The fraction of sp³-hybridized carbons (Fsp3) is 0.273. The molecular formula is C22H22Br2N2O3. The maximum atomic E-state index is 12.3. The number of rotatable bonds is 8. The summed E-state index contributed by atoms with van der Waals surface area (Å²) in [5, 5.41) is 12.2. The highest BCUT2D eigenvalue weighted by Crippen LogP contribution is 2.37. The molecule has 152 valence electrons. The van der Waals surface area contributed by atoms with Gasteiger partial charge in [-0.3, -0.25) is 4.79 Å². The lowest BCUT2D eigenvalue weighted by Gasteiger charge is -2.14. The van der Waals surface area contributed by atoms with E-state index in [1.165, 1.54) is 6.08 Å². The maximum absolute atomic E-state index is 12.3. The predicted molar refractivity (Wildman–Crippen MR) is 121 cm³/mol. The Morgan fingerprint density at radius 3 is 2.55 bits per heavy atom. The molecule has 0 saturated carbocycles. The lowest BCUT2D eigenvalue weighted by atomic mass is 10.1. The standard InChI is InChI=1S/C22H22Br2N2O3/c1-4-14(2)26-22(27)17(12-25)9-16-10-19(24)21(20(11-16)28-3)29-13-15-5-7-18(23)8-6-15/h5-11,14H,4,13H2,1-3H3,(H,26,27)/b17-9+/t14-/m0/s1. The van der Waals surface area contributed by atoms with Crippen LogP contribution in [0.3, 0.4) is 0 Å². The summed E-state index contributed by atoms with van der Waals surface area (Å²) in [7, 11) is 1.54. The minimum atomic E-state index is -0.396. The molecular weight excluding hydrogens is 500 g/mol. The molecule has 0 radical (unpaired) electrons. The van der Waals surface area contributed by atoms with Crippen molar-refractivity contribution < 1.29 is 14.3 Å². The van der Waals surface area contributed by atoms with Gasteiger partial charge in [-0.2, -0.15) is 5.26 Å². The van der Waals surface area contributed by atoms with Crippen LogP contribution >= 0.6 is 31.9 Å². The SMILES string of the molecule is CC[C@H](C)NC(=O)/C(C#N)=C/c1cc(Br)c(OCc2ccc(Br)cc2)c(OC)c1. The fourth-order valence-electron chi connectivity index (χ4n) is 2.42. The van der Waals surface area contributed by atoms with Crippen molar-refractivity contribution >= 4 is 43.8 Å². The smallest absolute Gasteiger partial charge is 0.262 e. The summed E-state index contributed by atoms with van der Waals surface area (Å²) in [6.45, 7) is 4.23. The van der Waals surface area contributed by atoms with Crippen LogP contribution in [0.15, 0.2) is 50.9 Å². The Morgan fingerprint density at radius 2 is 1.97 bits per heavy atom. The molecule has 2 aromatic rings. The summed E-state index contributed by atoms with van der Waals surface area (Å²) < 4.78 is 13.1. The van der Waals surface area contributed by atoms with Crippen molar-refractivity contribution in [2.75, 3.05) is 7.11 Å². The number of carbonyl (C=O) groups excluding carboxylic acids is 1. The average molecular weight is 522 g/mol. The zero-order valence-electron chi connectivity index (χ0n) is 16.5. The lowest BCUT2D eigenvalue weighted by Crippen LogP contribution is -2.32. The Bertz CT molecular complexity index is 934. The molecule has 0 spiro atoms. The predicted octanol–water partition coefficient (Wildman–Crippen LogP) is 5.62. The summed E-state index contributed by atoms with van der Waals surface area (Å²) in [6, 6.07) is 13.3. The van der Waals surface area contributed by atoms with Gasteiger partial charge in [0.05, 0.1) is 11.6 Å². The minimum absolute atomic E-state index is 0.00471. The van der Waals surface area contributed by atoms with Gasteiger partial charge in [0.1, 0.15) is 18.2 Å². The topological polar surface area (TPSA) is 71.4 Å². The third-order valence-electron chi connectivity index (χ3n) is 4.21. The number of benzene rings is 2. The molecule has 0 heterocycles. The van der Waals surface area contributed by atoms with E-state index in [1.54, 1.807) is 19.2 Å². The number of hydrogen-bond acceptors (Lipinski definition) is 4. The van der Waals surface area contributed by atoms with Gasteiger partial charge < -0.3 is 14.8 Å². The maximum Gasteiger partial charge on any atom is 0.262 e. The van der Waals surface area contributed by atoms with Gasteiger partial charge in [-0.25, -0.2) is 0 Å². The molecule has 0 aliphatic rings. The molecule has 0 fully saturated rings. The molecule has 0 saturated heterocycles. The van der Waals surface area contributed by atoms with Gasteiger partial charge in [-0.1, -0.05) is 35.0 Å². The van der Waals surface area contributed by atoms with Crippen LogP contribution in [0.25, 0.3) is 6.08 Å². The molecule has 2 aromatic carbocycles. The first-order valence-corrected chi connectivity index (χ1v) is 10.6. The van der Waals surface area contributed by atoms with Crippen LogP contribution in [0, 0.1) is 11.3 Å². The molecule has 1 N–H and O–H groups in total. The van der Waals surface area contributed by atoms with Crippen molar-refractivity contribution in [3.63, 3.8) is 0 Å². The van der Waals surface area contributed by atoms with Crippen LogP contribution < -0.4 is 14.8 Å². The zero-order valence-corrected chi connectivity index (χ0v) is 19.6. The number of hydrogen-bond donors (Lipinski definition) is 1. The van der Waals surface area contributed by atoms with Crippen LogP contribution in [0.1, 0.15) is 31.4 Å². The van der Waals surface area contributed by atoms with E-state index in [-0.39, 0.29) is 11.6 Å². The fourth-order valence-corrected chi connectivity index (χ4v) is 3.26. The van der Waals surface area contributed by atoms with E-state index in [4.69, 9.17) is 9.47 Å². The summed E-state index contributed by atoms with van der Waals surface area (Å²) in [6.07, 6.45) is 2.32. The second kappa shape index (κ2) is 11.0. The van der Waals surface area contributed by atoms with E-state index in [9.17, 15) is 10.1 Å². The second-order valence-electron chi connectivity index (χ2n) is 6.40. The van der Waals surface area contributed by atoms with Crippen LogP contribution in [-0.4, -0.2) is 19.1 Å². The van der Waals surface area contributed by atoms with Gasteiger partial charge in [-0.05, 0) is 70.7 Å². The van der Waals surface area contributed by atoms with Crippen molar-refractivity contribution in [3.05, 3.63) is 62.0 Å². The average Bonchev–Trinajstić information content (AvgIpc) is 2.71. The van der Waals surface area contributed by atoms with Crippen LogP contribution in [0.2, 0.25) is 0 Å². The number of nitrogens with one attached hydrogen (secondary N) is 1. The monoisotopic (exact) mass is 520 g/mol. The number of halogens is 2. The van der Waals surface area contributed by atoms with E-state index < -0.39 is 5.91 Å². The van der Waals surface area contributed by atoms with Crippen LogP contribution in [0.5, 0.6) is 11.5 Å². The summed E-state index contributed by atoms with van der Waals surface area (Å²) in [5.74, 6) is 0.657. The molecule has 0 bridgehead atoms. The number of ether oxygens (including phenoxy) is 2.